The molecular formula is C16H18BrFN2O. The highest BCUT2D eigenvalue weighted by molar-refractivity contribution is 9.10. The maximum absolute atomic E-state index is 13.0. The first kappa shape index (κ1) is 15.9. The predicted octanol–water partition coefficient (Wildman–Crippen LogP) is 4.52. The van der Waals surface area contributed by atoms with Crippen molar-refractivity contribution in [1.82, 2.24) is 10.3 Å². The standard InChI is InChI=1S/C16H18BrFN2O/c1-11(2)9-19-10-13-4-3-5-16(20-13)21-15-7-6-12(18)8-14(15)17/h3-8,11,19H,9-10H2,1-2H3. The minimum Gasteiger partial charge on any atom is -0.438 e. The second kappa shape index (κ2) is 7.52. The lowest BCUT2D eigenvalue weighted by Gasteiger charge is -2.10. The van der Waals surface area contributed by atoms with Gasteiger partial charge in [-0.3, -0.25) is 0 Å². The molecule has 0 aliphatic rings. The van der Waals surface area contributed by atoms with Gasteiger partial charge in [-0.05, 0) is 52.7 Å². The summed E-state index contributed by atoms with van der Waals surface area (Å²) in [7, 11) is 0. The fourth-order valence-corrected chi connectivity index (χ4v) is 2.20. The summed E-state index contributed by atoms with van der Waals surface area (Å²) < 4.78 is 19.3. The monoisotopic (exact) mass is 352 g/mol. The Morgan fingerprint density at radius 2 is 2.10 bits per heavy atom. The minimum absolute atomic E-state index is 0.311. The van der Waals surface area contributed by atoms with E-state index in [-0.39, 0.29) is 5.82 Å². The number of nitrogens with zero attached hydrogens (tertiary/aromatic N) is 1. The molecular weight excluding hydrogens is 335 g/mol. The van der Waals surface area contributed by atoms with E-state index in [1.54, 1.807) is 12.1 Å². The van der Waals surface area contributed by atoms with Gasteiger partial charge in [0.1, 0.15) is 11.6 Å². The minimum atomic E-state index is -0.311. The lowest BCUT2D eigenvalue weighted by molar-refractivity contribution is 0.454. The Bertz CT molecular complexity index is 605. The van der Waals surface area contributed by atoms with Crippen LogP contribution in [0.15, 0.2) is 40.9 Å². The fourth-order valence-electron chi connectivity index (χ4n) is 1.77. The van der Waals surface area contributed by atoms with E-state index in [1.165, 1.54) is 12.1 Å². The van der Waals surface area contributed by atoms with E-state index in [2.05, 4.69) is 40.1 Å². The Hall–Kier alpha value is -1.46. The first-order valence-electron chi connectivity index (χ1n) is 6.84. The van der Waals surface area contributed by atoms with Crippen LogP contribution in [0.25, 0.3) is 0 Å². The predicted molar refractivity (Wildman–Crippen MR) is 85.0 cm³/mol. The number of halogens is 2. The van der Waals surface area contributed by atoms with Gasteiger partial charge in [0.25, 0.3) is 0 Å². The van der Waals surface area contributed by atoms with Gasteiger partial charge in [0.2, 0.25) is 5.88 Å². The van der Waals surface area contributed by atoms with Crippen molar-refractivity contribution in [2.24, 2.45) is 5.92 Å². The van der Waals surface area contributed by atoms with Crippen molar-refractivity contribution in [1.29, 1.82) is 0 Å². The SMILES string of the molecule is CC(C)CNCc1cccc(Oc2ccc(F)cc2Br)n1. The van der Waals surface area contributed by atoms with Crippen molar-refractivity contribution >= 4 is 15.9 Å². The van der Waals surface area contributed by atoms with E-state index in [0.717, 1.165) is 12.2 Å². The summed E-state index contributed by atoms with van der Waals surface area (Å²) in [4.78, 5) is 4.43. The topological polar surface area (TPSA) is 34.1 Å². The van der Waals surface area contributed by atoms with Crippen LogP contribution in [0, 0.1) is 11.7 Å². The molecule has 0 spiro atoms. The molecule has 2 rings (SSSR count). The molecule has 0 unspecified atom stereocenters. The van der Waals surface area contributed by atoms with Crippen LogP contribution in [-0.4, -0.2) is 11.5 Å². The van der Waals surface area contributed by atoms with E-state index in [4.69, 9.17) is 4.74 Å². The number of ether oxygens (including phenoxy) is 1. The Balaban J connectivity index is 2.03. The van der Waals surface area contributed by atoms with Crippen molar-refractivity contribution in [2.75, 3.05) is 6.54 Å². The zero-order chi connectivity index (χ0) is 15.2. The van der Waals surface area contributed by atoms with Gasteiger partial charge in [-0.1, -0.05) is 19.9 Å². The van der Waals surface area contributed by atoms with E-state index in [9.17, 15) is 4.39 Å². The average Bonchev–Trinajstić information content (AvgIpc) is 2.42. The summed E-state index contributed by atoms with van der Waals surface area (Å²) in [6, 6.07) is 9.91. The van der Waals surface area contributed by atoms with Crippen LogP contribution in [0.5, 0.6) is 11.6 Å². The molecule has 0 saturated carbocycles. The Kier molecular flexibility index (Phi) is 5.70. The third-order valence-corrected chi connectivity index (χ3v) is 3.37. The van der Waals surface area contributed by atoms with Crippen molar-refractivity contribution in [3.63, 3.8) is 0 Å². The molecule has 0 saturated heterocycles. The second-order valence-corrected chi connectivity index (χ2v) is 6.02. The summed E-state index contributed by atoms with van der Waals surface area (Å²) in [5.41, 5.74) is 0.909. The van der Waals surface area contributed by atoms with Crippen molar-refractivity contribution < 1.29 is 9.13 Å². The van der Waals surface area contributed by atoms with E-state index < -0.39 is 0 Å². The number of rotatable bonds is 6. The van der Waals surface area contributed by atoms with Gasteiger partial charge in [0, 0.05) is 12.6 Å². The van der Waals surface area contributed by atoms with Crippen LogP contribution in [0.3, 0.4) is 0 Å². The molecule has 1 aromatic heterocycles. The highest BCUT2D eigenvalue weighted by Crippen LogP contribution is 2.29. The largest absolute Gasteiger partial charge is 0.438 e. The molecule has 0 atom stereocenters. The molecule has 3 nitrogen and oxygen atoms in total. The molecule has 1 N–H and O–H groups in total. The van der Waals surface area contributed by atoms with Crippen LogP contribution in [-0.2, 0) is 6.54 Å². The van der Waals surface area contributed by atoms with Crippen molar-refractivity contribution in [3.05, 3.63) is 52.4 Å². The molecule has 21 heavy (non-hydrogen) atoms. The maximum atomic E-state index is 13.0. The van der Waals surface area contributed by atoms with Gasteiger partial charge >= 0.3 is 0 Å². The Morgan fingerprint density at radius 1 is 1.29 bits per heavy atom. The lowest BCUT2D eigenvalue weighted by Crippen LogP contribution is -2.19. The molecule has 0 bridgehead atoms. The first-order chi connectivity index (χ1) is 10.0. The quantitative estimate of drug-likeness (QED) is 0.829. The number of pyridine rings is 1. The lowest BCUT2D eigenvalue weighted by atomic mass is 10.2. The third-order valence-electron chi connectivity index (χ3n) is 2.75. The highest BCUT2D eigenvalue weighted by atomic mass is 79.9. The number of hydrogen-bond acceptors (Lipinski definition) is 3. The Morgan fingerprint density at radius 3 is 2.81 bits per heavy atom. The molecule has 1 heterocycles. The number of nitrogens with one attached hydrogen (secondary N) is 1. The molecule has 0 aliphatic heterocycles. The molecule has 0 amide bonds. The summed E-state index contributed by atoms with van der Waals surface area (Å²) in [5.74, 6) is 1.32. The third kappa shape index (κ3) is 5.10. The molecule has 0 radical (unpaired) electrons. The van der Waals surface area contributed by atoms with E-state index in [1.807, 2.05) is 12.1 Å². The Labute approximate surface area is 132 Å². The highest BCUT2D eigenvalue weighted by Gasteiger charge is 2.06. The van der Waals surface area contributed by atoms with Crippen LogP contribution < -0.4 is 10.1 Å². The molecule has 1 aromatic carbocycles. The van der Waals surface area contributed by atoms with E-state index >= 15 is 0 Å². The van der Waals surface area contributed by atoms with Gasteiger partial charge in [-0.2, -0.15) is 0 Å². The number of benzene rings is 1. The van der Waals surface area contributed by atoms with Gasteiger partial charge in [0.05, 0.1) is 10.2 Å². The van der Waals surface area contributed by atoms with Crippen LogP contribution >= 0.6 is 15.9 Å². The van der Waals surface area contributed by atoms with Crippen molar-refractivity contribution in [2.45, 2.75) is 20.4 Å². The van der Waals surface area contributed by atoms with E-state index in [0.29, 0.717) is 28.6 Å². The normalized spacial score (nSPS) is 10.9. The number of hydrogen-bond donors (Lipinski definition) is 1. The molecule has 5 heteroatoms. The summed E-state index contributed by atoms with van der Waals surface area (Å²) in [6.07, 6.45) is 0. The number of aromatic nitrogens is 1. The summed E-state index contributed by atoms with van der Waals surface area (Å²) >= 11 is 3.28. The fraction of sp³-hybridized carbons (Fsp3) is 0.312. The summed E-state index contributed by atoms with van der Waals surface area (Å²) in [6.45, 7) is 5.95. The van der Waals surface area contributed by atoms with Crippen molar-refractivity contribution in [3.8, 4) is 11.6 Å². The van der Waals surface area contributed by atoms with Gasteiger partial charge in [0.15, 0.2) is 0 Å². The first-order valence-corrected chi connectivity index (χ1v) is 7.63. The van der Waals surface area contributed by atoms with Gasteiger partial charge in [-0.25, -0.2) is 9.37 Å². The summed E-state index contributed by atoms with van der Waals surface area (Å²) in [5, 5.41) is 3.33. The maximum Gasteiger partial charge on any atom is 0.219 e. The van der Waals surface area contributed by atoms with Gasteiger partial charge in [-0.15, -0.1) is 0 Å². The molecule has 0 aliphatic carbocycles. The molecule has 2 aromatic rings. The smallest absolute Gasteiger partial charge is 0.219 e. The van der Waals surface area contributed by atoms with Crippen LogP contribution in [0.2, 0.25) is 0 Å². The molecule has 0 fully saturated rings. The molecule has 112 valence electrons. The van der Waals surface area contributed by atoms with Gasteiger partial charge < -0.3 is 10.1 Å². The zero-order valence-electron chi connectivity index (χ0n) is 12.1. The average molecular weight is 353 g/mol. The van der Waals surface area contributed by atoms with Crippen LogP contribution in [0.4, 0.5) is 4.39 Å². The zero-order valence-corrected chi connectivity index (χ0v) is 13.7. The van der Waals surface area contributed by atoms with Crippen LogP contribution in [0.1, 0.15) is 19.5 Å². The second-order valence-electron chi connectivity index (χ2n) is 5.17.